The van der Waals surface area contributed by atoms with E-state index in [1.54, 1.807) is 0 Å². The molecular formula is C54H48BN2O. The third-order valence-electron chi connectivity index (χ3n) is 13.2. The van der Waals surface area contributed by atoms with E-state index in [0.29, 0.717) is 0 Å². The second kappa shape index (κ2) is 11.8. The summed E-state index contributed by atoms with van der Waals surface area (Å²) in [7, 11) is 2.47. The fraction of sp³-hybridized carbons (Fsp3) is 0.222. The number of nitrogens with one attached hydrogen (secondary N) is 1. The number of para-hydroxylation sites is 1. The first-order chi connectivity index (χ1) is 27.7. The van der Waals surface area contributed by atoms with Gasteiger partial charge in [0.25, 0.3) is 0 Å². The minimum absolute atomic E-state index is 0.00791. The Kier molecular flexibility index (Phi) is 7.15. The summed E-state index contributed by atoms with van der Waals surface area (Å²) < 4.78 is 9.06. The fourth-order valence-corrected chi connectivity index (χ4v) is 10.1. The molecule has 2 aliphatic rings. The molecule has 0 fully saturated rings. The van der Waals surface area contributed by atoms with Crippen LogP contribution in [-0.2, 0) is 16.2 Å². The molecule has 0 saturated heterocycles. The largest absolute Gasteiger partial charge is 0.456 e. The molecule has 1 radical (unpaired) electrons. The molecule has 1 aliphatic carbocycles. The number of furan rings is 1. The van der Waals surface area contributed by atoms with Gasteiger partial charge in [-0.1, -0.05) is 134 Å². The molecule has 1 N–H and O–H groups in total. The molecule has 4 heteroatoms. The average molecular weight is 752 g/mol. The normalized spacial score (nSPS) is 14.2. The summed E-state index contributed by atoms with van der Waals surface area (Å²) in [6, 6.07) is 45.5. The molecule has 283 valence electrons. The highest BCUT2D eigenvalue weighted by Crippen LogP contribution is 2.52. The first kappa shape index (κ1) is 35.2. The number of rotatable bonds is 3. The number of nitrogens with zero attached hydrogens (tertiary/aromatic N) is 1. The molecule has 0 bridgehead atoms. The lowest BCUT2D eigenvalue weighted by Gasteiger charge is -2.28. The maximum absolute atomic E-state index is 6.54. The molecule has 0 spiro atoms. The van der Waals surface area contributed by atoms with Crippen molar-refractivity contribution in [1.82, 2.24) is 4.57 Å². The molecule has 0 atom stereocenters. The Morgan fingerprint density at radius 2 is 1.33 bits per heavy atom. The zero-order valence-electron chi connectivity index (χ0n) is 35.0. The molecule has 58 heavy (non-hydrogen) atoms. The number of aromatic nitrogens is 1. The Morgan fingerprint density at radius 3 is 2.10 bits per heavy atom. The third kappa shape index (κ3) is 5.00. The van der Waals surface area contributed by atoms with Gasteiger partial charge in [0.2, 0.25) is 0 Å². The van der Waals surface area contributed by atoms with E-state index in [1.165, 1.54) is 88.5 Å². The van der Waals surface area contributed by atoms with Crippen LogP contribution in [0.3, 0.4) is 0 Å². The van der Waals surface area contributed by atoms with Crippen LogP contribution in [0.5, 0.6) is 0 Å². The van der Waals surface area contributed by atoms with Gasteiger partial charge in [-0.3, -0.25) is 0 Å². The van der Waals surface area contributed by atoms with Crippen molar-refractivity contribution >= 4 is 73.3 Å². The van der Waals surface area contributed by atoms with Crippen molar-refractivity contribution in [3.8, 4) is 27.9 Å². The molecule has 11 rings (SSSR count). The molecule has 0 saturated carbocycles. The molecule has 9 aromatic rings. The smallest absolute Gasteiger partial charge is 0.197 e. The van der Waals surface area contributed by atoms with Crippen molar-refractivity contribution < 1.29 is 4.42 Å². The van der Waals surface area contributed by atoms with Crippen molar-refractivity contribution in [2.45, 2.75) is 78.6 Å². The summed E-state index contributed by atoms with van der Waals surface area (Å²) in [6.07, 6.45) is 0. The fourth-order valence-electron chi connectivity index (χ4n) is 10.1. The molecule has 2 aromatic heterocycles. The standard InChI is InChI=1S/C54H48BN2O/c1-30-24-39(37-27-42-36(34-14-10-12-16-41(34)54(42,8)9)28-44(37)56-33-21-18-31(19-22-33)52(2,3)4)50-51-49(30)40-26-38-35-15-11-13-17-47(35)58-48(38)29-46(40)57(51)45-23-20-32(53(5,6)7)25-43(45)55-50/h10-29,56H,1-9H3. The highest BCUT2D eigenvalue weighted by atomic mass is 16.3. The van der Waals surface area contributed by atoms with E-state index in [4.69, 9.17) is 4.42 Å². The second-order valence-corrected chi connectivity index (χ2v) is 19.4. The maximum Gasteiger partial charge on any atom is 0.197 e. The van der Waals surface area contributed by atoms with E-state index in [0.717, 1.165) is 33.3 Å². The van der Waals surface area contributed by atoms with E-state index in [1.807, 2.05) is 0 Å². The van der Waals surface area contributed by atoms with Crippen LogP contribution in [0.15, 0.2) is 126 Å². The number of benzene rings is 7. The summed E-state index contributed by atoms with van der Waals surface area (Å²) >= 11 is 0. The van der Waals surface area contributed by atoms with Gasteiger partial charge in [-0.15, -0.1) is 0 Å². The molecule has 0 amide bonds. The van der Waals surface area contributed by atoms with Gasteiger partial charge in [0.15, 0.2) is 7.28 Å². The number of hydrogen-bond donors (Lipinski definition) is 1. The van der Waals surface area contributed by atoms with Crippen LogP contribution < -0.4 is 16.2 Å². The van der Waals surface area contributed by atoms with Crippen molar-refractivity contribution in [2.24, 2.45) is 0 Å². The quantitative estimate of drug-likeness (QED) is 0.182. The highest BCUT2D eigenvalue weighted by Gasteiger charge is 2.37. The van der Waals surface area contributed by atoms with Crippen LogP contribution in [0.4, 0.5) is 11.4 Å². The van der Waals surface area contributed by atoms with Crippen LogP contribution in [0.1, 0.15) is 83.2 Å². The van der Waals surface area contributed by atoms with Gasteiger partial charge in [0.05, 0.1) is 5.52 Å². The van der Waals surface area contributed by atoms with E-state index < -0.39 is 0 Å². The lowest BCUT2D eigenvalue weighted by Crippen LogP contribution is -2.38. The Balaban J connectivity index is 1.22. The lowest BCUT2D eigenvalue weighted by atomic mass is 9.58. The van der Waals surface area contributed by atoms with Gasteiger partial charge in [0, 0.05) is 61.2 Å². The minimum Gasteiger partial charge on any atom is -0.456 e. The summed E-state index contributed by atoms with van der Waals surface area (Å²) in [4.78, 5) is 0. The van der Waals surface area contributed by atoms with Crippen LogP contribution >= 0.6 is 0 Å². The van der Waals surface area contributed by atoms with Crippen LogP contribution in [0.2, 0.25) is 0 Å². The van der Waals surface area contributed by atoms with Gasteiger partial charge in [0.1, 0.15) is 11.2 Å². The van der Waals surface area contributed by atoms with Gasteiger partial charge >= 0.3 is 0 Å². The van der Waals surface area contributed by atoms with Crippen molar-refractivity contribution in [1.29, 1.82) is 0 Å². The number of anilines is 2. The van der Waals surface area contributed by atoms with Crippen LogP contribution in [0.25, 0.3) is 71.7 Å². The average Bonchev–Trinajstić information content (AvgIpc) is 3.80. The lowest BCUT2D eigenvalue weighted by molar-refractivity contribution is 0.590. The SMILES string of the molecule is Cc1cc(-c2cc3c(cc2Nc2ccc(C(C)(C)C)cc2)-c2ccccc2C3(C)C)c2c3c1c1cc4c(cc1n3-c1ccc(C(C)(C)C)cc1[B]2)oc1ccccc14. The highest BCUT2D eigenvalue weighted by molar-refractivity contribution is 6.73. The monoisotopic (exact) mass is 751 g/mol. The van der Waals surface area contributed by atoms with E-state index in [2.05, 4.69) is 201 Å². The number of hydrogen-bond acceptors (Lipinski definition) is 2. The summed E-state index contributed by atoms with van der Waals surface area (Å²) in [5.74, 6) is 0. The van der Waals surface area contributed by atoms with E-state index in [9.17, 15) is 0 Å². The van der Waals surface area contributed by atoms with Gasteiger partial charge in [-0.05, 0) is 110 Å². The molecule has 0 unspecified atom stereocenters. The molecular weight excluding hydrogens is 703 g/mol. The zero-order chi connectivity index (χ0) is 40.0. The van der Waals surface area contributed by atoms with Gasteiger partial charge in [-0.2, -0.15) is 0 Å². The van der Waals surface area contributed by atoms with Crippen molar-refractivity contribution in [3.63, 3.8) is 0 Å². The van der Waals surface area contributed by atoms with Crippen molar-refractivity contribution in [2.75, 3.05) is 5.32 Å². The first-order valence-electron chi connectivity index (χ1n) is 20.8. The zero-order valence-corrected chi connectivity index (χ0v) is 35.0. The first-order valence-corrected chi connectivity index (χ1v) is 20.8. The van der Waals surface area contributed by atoms with Crippen molar-refractivity contribution in [3.05, 3.63) is 149 Å². The Hall–Kier alpha value is -6.00. The predicted octanol–water partition coefficient (Wildman–Crippen LogP) is 13.3. The van der Waals surface area contributed by atoms with Gasteiger partial charge < -0.3 is 14.3 Å². The maximum atomic E-state index is 6.54. The number of aryl methyl sites for hydroxylation is 1. The van der Waals surface area contributed by atoms with E-state index in [-0.39, 0.29) is 16.2 Å². The summed E-state index contributed by atoms with van der Waals surface area (Å²) in [5, 5.41) is 8.82. The Bertz CT molecular complexity index is 3210. The molecule has 3 nitrogen and oxygen atoms in total. The topological polar surface area (TPSA) is 30.1 Å². The second-order valence-electron chi connectivity index (χ2n) is 19.4. The summed E-state index contributed by atoms with van der Waals surface area (Å²) in [5.41, 5.74) is 21.8. The number of fused-ring (bicyclic) bond motifs is 11. The molecule has 1 aliphatic heterocycles. The Morgan fingerprint density at radius 1 is 0.603 bits per heavy atom. The van der Waals surface area contributed by atoms with Crippen LogP contribution in [-0.4, -0.2) is 11.8 Å². The van der Waals surface area contributed by atoms with Crippen LogP contribution in [0, 0.1) is 6.92 Å². The molecule has 7 aromatic carbocycles. The Labute approximate surface area is 342 Å². The molecule has 3 heterocycles. The predicted molar refractivity (Wildman–Crippen MR) is 248 cm³/mol. The minimum atomic E-state index is -0.145. The van der Waals surface area contributed by atoms with Gasteiger partial charge in [-0.25, -0.2) is 0 Å². The van der Waals surface area contributed by atoms with E-state index >= 15 is 0 Å². The summed E-state index contributed by atoms with van der Waals surface area (Å²) in [6.45, 7) is 20.8. The third-order valence-corrected chi connectivity index (χ3v) is 13.2.